The first-order valence-corrected chi connectivity index (χ1v) is 7.13. The number of carboxylic acids is 1. The van der Waals surface area contributed by atoms with Crippen LogP contribution in [0.3, 0.4) is 0 Å². The van der Waals surface area contributed by atoms with Gasteiger partial charge in [0.05, 0.1) is 19.8 Å². The smallest absolute Gasteiger partial charge is 0.335 e. The summed E-state index contributed by atoms with van der Waals surface area (Å²) >= 11 is 0. The molecule has 1 heterocycles. The van der Waals surface area contributed by atoms with Crippen LogP contribution in [0.15, 0.2) is 42.6 Å². The van der Waals surface area contributed by atoms with E-state index < -0.39 is 5.97 Å². The second-order valence-electron chi connectivity index (χ2n) is 5.09. The summed E-state index contributed by atoms with van der Waals surface area (Å²) in [4.78, 5) is 15.7. The molecular formula is C18H15NO5. The number of methoxy groups -OCH3 is 2. The summed E-state index contributed by atoms with van der Waals surface area (Å²) in [6.07, 6.45) is 1.64. The summed E-state index contributed by atoms with van der Waals surface area (Å²) < 4.78 is 10.4. The highest BCUT2D eigenvalue weighted by Gasteiger charge is 2.18. The third kappa shape index (κ3) is 2.48. The van der Waals surface area contributed by atoms with Gasteiger partial charge in [-0.1, -0.05) is 6.07 Å². The van der Waals surface area contributed by atoms with Gasteiger partial charge in [-0.2, -0.15) is 0 Å². The Balaban J connectivity index is 2.36. The Bertz CT molecular complexity index is 936. The fourth-order valence-electron chi connectivity index (χ4n) is 2.64. The van der Waals surface area contributed by atoms with Crippen molar-refractivity contribution in [2.45, 2.75) is 0 Å². The van der Waals surface area contributed by atoms with Gasteiger partial charge in [-0.15, -0.1) is 0 Å². The maximum absolute atomic E-state index is 11.4. The molecule has 6 nitrogen and oxygen atoms in total. The summed E-state index contributed by atoms with van der Waals surface area (Å²) in [5, 5.41) is 20.5. The van der Waals surface area contributed by atoms with E-state index in [4.69, 9.17) is 9.47 Å². The van der Waals surface area contributed by atoms with Crippen LogP contribution in [0.4, 0.5) is 0 Å². The van der Waals surface area contributed by atoms with Crippen molar-refractivity contribution in [1.29, 1.82) is 0 Å². The molecule has 3 aromatic rings. The van der Waals surface area contributed by atoms with Gasteiger partial charge >= 0.3 is 5.97 Å². The number of benzene rings is 2. The molecular weight excluding hydrogens is 310 g/mol. The van der Waals surface area contributed by atoms with Gasteiger partial charge in [0.2, 0.25) is 0 Å². The maximum atomic E-state index is 11.4. The molecule has 0 radical (unpaired) electrons. The lowest BCUT2D eigenvalue weighted by molar-refractivity contribution is 0.0696. The van der Waals surface area contributed by atoms with E-state index in [-0.39, 0.29) is 17.1 Å². The van der Waals surface area contributed by atoms with Gasteiger partial charge in [-0.3, -0.25) is 4.98 Å². The van der Waals surface area contributed by atoms with E-state index in [1.165, 1.54) is 19.2 Å². The molecule has 0 saturated heterocycles. The van der Waals surface area contributed by atoms with E-state index in [2.05, 4.69) is 4.98 Å². The third-order valence-electron chi connectivity index (χ3n) is 3.78. The number of aromatic carboxylic acids is 1. The molecule has 0 unspecified atom stereocenters. The van der Waals surface area contributed by atoms with E-state index >= 15 is 0 Å². The molecule has 0 atom stereocenters. The van der Waals surface area contributed by atoms with Crippen molar-refractivity contribution >= 4 is 16.9 Å². The Morgan fingerprint density at radius 3 is 2.46 bits per heavy atom. The Kier molecular flexibility index (Phi) is 3.95. The van der Waals surface area contributed by atoms with Gasteiger partial charge in [0, 0.05) is 17.1 Å². The highest BCUT2D eigenvalue weighted by molar-refractivity contribution is 6.01. The molecule has 0 amide bonds. The van der Waals surface area contributed by atoms with Crippen molar-refractivity contribution in [1.82, 2.24) is 4.98 Å². The van der Waals surface area contributed by atoms with E-state index in [1.807, 2.05) is 6.07 Å². The monoisotopic (exact) mass is 325 g/mol. The van der Waals surface area contributed by atoms with Crippen LogP contribution >= 0.6 is 0 Å². The largest absolute Gasteiger partial charge is 0.504 e. The Labute approximate surface area is 137 Å². The Morgan fingerprint density at radius 1 is 1.04 bits per heavy atom. The predicted octanol–water partition coefficient (Wildman–Crippen LogP) is 3.32. The average molecular weight is 325 g/mol. The molecule has 3 rings (SSSR count). The molecule has 1 aromatic heterocycles. The van der Waals surface area contributed by atoms with Crippen molar-refractivity contribution < 1.29 is 24.5 Å². The highest BCUT2D eigenvalue weighted by atomic mass is 16.5. The molecule has 2 aromatic carbocycles. The van der Waals surface area contributed by atoms with E-state index in [0.29, 0.717) is 22.4 Å². The SMILES string of the molecule is COc1cc(C(=O)O)cc(-c2ccc(OC)c3ncccc23)c1O. The van der Waals surface area contributed by atoms with Gasteiger partial charge in [0.25, 0.3) is 0 Å². The number of ether oxygens (including phenoxy) is 2. The van der Waals surface area contributed by atoms with Crippen LogP contribution < -0.4 is 9.47 Å². The minimum atomic E-state index is -1.11. The number of aromatic hydroxyl groups is 1. The second-order valence-corrected chi connectivity index (χ2v) is 5.09. The molecule has 0 bridgehead atoms. The first kappa shape index (κ1) is 15.6. The van der Waals surface area contributed by atoms with Crippen LogP contribution in [0, 0.1) is 0 Å². The second kappa shape index (κ2) is 6.08. The first-order chi connectivity index (χ1) is 11.6. The van der Waals surface area contributed by atoms with Gasteiger partial charge < -0.3 is 19.7 Å². The Morgan fingerprint density at radius 2 is 1.79 bits per heavy atom. The van der Waals surface area contributed by atoms with E-state index in [0.717, 1.165) is 5.39 Å². The van der Waals surface area contributed by atoms with Gasteiger partial charge in [0.1, 0.15) is 11.3 Å². The minimum Gasteiger partial charge on any atom is -0.504 e. The number of fused-ring (bicyclic) bond motifs is 1. The summed E-state index contributed by atoms with van der Waals surface area (Å²) in [6, 6.07) is 9.77. The number of phenols is 1. The number of aromatic nitrogens is 1. The van der Waals surface area contributed by atoms with Crippen LogP contribution in [0.1, 0.15) is 10.4 Å². The lowest BCUT2D eigenvalue weighted by Gasteiger charge is -2.14. The van der Waals surface area contributed by atoms with Crippen molar-refractivity contribution in [3.8, 4) is 28.4 Å². The van der Waals surface area contributed by atoms with Crippen LogP contribution in [0.2, 0.25) is 0 Å². The molecule has 0 aliphatic heterocycles. The molecule has 122 valence electrons. The number of carboxylic acid groups (broad SMARTS) is 1. The molecule has 0 aliphatic carbocycles. The number of pyridine rings is 1. The van der Waals surface area contributed by atoms with Crippen molar-refractivity contribution in [3.05, 3.63) is 48.2 Å². The van der Waals surface area contributed by atoms with Gasteiger partial charge in [-0.25, -0.2) is 4.79 Å². The molecule has 0 fully saturated rings. The third-order valence-corrected chi connectivity index (χ3v) is 3.78. The predicted molar refractivity (Wildman–Crippen MR) is 88.9 cm³/mol. The fraction of sp³-hybridized carbons (Fsp3) is 0.111. The lowest BCUT2D eigenvalue weighted by Crippen LogP contribution is -1.99. The molecule has 2 N–H and O–H groups in total. The maximum Gasteiger partial charge on any atom is 0.335 e. The quantitative estimate of drug-likeness (QED) is 0.765. The van der Waals surface area contributed by atoms with Crippen molar-refractivity contribution in [3.63, 3.8) is 0 Å². The van der Waals surface area contributed by atoms with E-state index in [1.54, 1.807) is 31.5 Å². The van der Waals surface area contributed by atoms with Crippen LogP contribution in [-0.2, 0) is 0 Å². The van der Waals surface area contributed by atoms with Crippen LogP contribution in [0.5, 0.6) is 17.2 Å². The number of nitrogens with zero attached hydrogens (tertiary/aromatic N) is 1. The van der Waals surface area contributed by atoms with Gasteiger partial charge in [-0.05, 0) is 35.9 Å². The van der Waals surface area contributed by atoms with Gasteiger partial charge in [0.15, 0.2) is 11.5 Å². The molecule has 0 spiro atoms. The molecule has 6 heteroatoms. The Hall–Kier alpha value is -3.28. The standard InChI is InChI=1S/C18H15NO5/c1-23-14-6-5-11(12-4-3-7-19-16(12)14)13-8-10(18(21)22)9-15(24-2)17(13)20/h3-9,20H,1-2H3,(H,21,22). The zero-order valence-electron chi connectivity index (χ0n) is 13.1. The van der Waals surface area contributed by atoms with E-state index in [9.17, 15) is 15.0 Å². The lowest BCUT2D eigenvalue weighted by atomic mass is 9.97. The molecule has 24 heavy (non-hydrogen) atoms. The normalized spacial score (nSPS) is 10.6. The van der Waals surface area contributed by atoms with Crippen molar-refractivity contribution in [2.75, 3.05) is 14.2 Å². The first-order valence-electron chi connectivity index (χ1n) is 7.13. The topological polar surface area (TPSA) is 88.9 Å². The summed E-state index contributed by atoms with van der Waals surface area (Å²) in [6.45, 7) is 0. The van der Waals surface area contributed by atoms with Crippen molar-refractivity contribution in [2.24, 2.45) is 0 Å². The summed E-state index contributed by atoms with van der Waals surface area (Å²) in [5.74, 6) is -0.545. The van der Waals surface area contributed by atoms with Crippen LogP contribution in [-0.4, -0.2) is 35.4 Å². The summed E-state index contributed by atoms with van der Waals surface area (Å²) in [7, 11) is 2.92. The van der Waals surface area contributed by atoms with Crippen LogP contribution in [0.25, 0.3) is 22.0 Å². The number of hydrogen-bond donors (Lipinski definition) is 2. The highest BCUT2D eigenvalue weighted by Crippen LogP contribution is 2.42. The minimum absolute atomic E-state index is 0.0208. The zero-order valence-corrected chi connectivity index (χ0v) is 13.1. The summed E-state index contributed by atoms with van der Waals surface area (Å²) in [5.41, 5.74) is 1.63. The number of hydrogen-bond acceptors (Lipinski definition) is 5. The number of rotatable bonds is 4. The number of phenolic OH excluding ortho intramolecular Hbond substituents is 1. The zero-order chi connectivity index (χ0) is 17.3. The fourth-order valence-corrected chi connectivity index (χ4v) is 2.64. The number of carbonyl (C=O) groups is 1. The molecule has 0 saturated carbocycles. The molecule has 0 aliphatic rings. The average Bonchev–Trinajstić information content (AvgIpc) is 2.61.